The quantitative estimate of drug-likeness (QED) is 0.689. The van der Waals surface area contributed by atoms with E-state index >= 15 is 0 Å². The van der Waals surface area contributed by atoms with Crippen LogP contribution in [0.1, 0.15) is 58.8 Å². The molecular formula is C14H29NS. The lowest BCUT2D eigenvalue weighted by Gasteiger charge is -2.18. The van der Waals surface area contributed by atoms with Crippen LogP contribution in [0.15, 0.2) is 0 Å². The van der Waals surface area contributed by atoms with Crippen molar-refractivity contribution in [2.24, 2.45) is 5.92 Å². The Morgan fingerprint density at radius 2 is 1.88 bits per heavy atom. The molecule has 1 rings (SSSR count). The highest BCUT2D eigenvalue weighted by atomic mass is 32.2. The van der Waals surface area contributed by atoms with Crippen molar-refractivity contribution in [3.05, 3.63) is 0 Å². The van der Waals surface area contributed by atoms with Crippen molar-refractivity contribution in [2.45, 2.75) is 70.1 Å². The Balaban J connectivity index is 2.05. The molecule has 1 saturated carbocycles. The molecule has 0 aliphatic heterocycles. The molecule has 0 heterocycles. The Kier molecular flexibility index (Phi) is 7.55. The molecule has 0 aromatic carbocycles. The molecule has 0 spiro atoms. The molecule has 1 fully saturated rings. The van der Waals surface area contributed by atoms with E-state index in [0.29, 0.717) is 0 Å². The minimum Gasteiger partial charge on any atom is -0.316 e. The van der Waals surface area contributed by atoms with Gasteiger partial charge in [-0.05, 0) is 32.2 Å². The molecule has 1 N–H and O–H groups in total. The van der Waals surface area contributed by atoms with Crippen LogP contribution in [0.25, 0.3) is 0 Å². The van der Waals surface area contributed by atoms with E-state index in [-0.39, 0.29) is 0 Å². The number of hydrogen-bond acceptors (Lipinski definition) is 2. The second kappa shape index (κ2) is 8.41. The summed E-state index contributed by atoms with van der Waals surface area (Å²) in [6.45, 7) is 4.64. The van der Waals surface area contributed by atoms with Gasteiger partial charge in [0.05, 0.1) is 0 Å². The van der Waals surface area contributed by atoms with Crippen molar-refractivity contribution in [3.63, 3.8) is 0 Å². The predicted octanol–water partition coefficient (Wildman–Crippen LogP) is 4.08. The van der Waals surface area contributed by atoms with Gasteiger partial charge >= 0.3 is 0 Å². The Morgan fingerprint density at radius 3 is 2.44 bits per heavy atom. The van der Waals surface area contributed by atoms with Gasteiger partial charge in [-0.3, -0.25) is 0 Å². The maximum atomic E-state index is 3.48. The number of hydrogen-bond donors (Lipinski definition) is 1. The maximum Gasteiger partial charge on any atom is 0.0155 e. The average Bonchev–Trinajstić information content (AvgIpc) is 2.75. The molecule has 1 aliphatic rings. The summed E-state index contributed by atoms with van der Waals surface area (Å²) < 4.78 is 0. The third kappa shape index (κ3) is 6.15. The summed E-state index contributed by atoms with van der Waals surface area (Å²) in [7, 11) is 2.12. The fourth-order valence-corrected chi connectivity index (χ4v) is 3.90. The van der Waals surface area contributed by atoms with E-state index < -0.39 is 0 Å². The third-order valence-corrected chi connectivity index (χ3v) is 5.12. The van der Waals surface area contributed by atoms with Crippen LogP contribution in [0, 0.1) is 5.92 Å². The largest absolute Gasteiger partial charge is 0.316 e. The van der Waals surface area contributed by atoms with E-state index in [0.717, 1.165) is 17.2 Å². The summed E-state index contributed by atoms with van der Waals surface area (Å²) in [6, 6.07) is 0.740. The van der Waals surface area contributed by atoms with Crippen molar-refractivity contribution in [1.29, 1.82) is 0 Å². The van der Waals surface area contributed by atoms with Crippen LogP contribution in [0.5, 0.6) is 0 Å². The molecule has 0 bridgehead atoms. The van der Waals surface area contributed by atoms with Crippen LogP contribution < -0.4 is 5.32 Å². The molecule has 96 valence electrons. The van der Waals surface area contributed by atoms with Crippen molar-refractivity contribution >= 4 is 11.8 Å². The summed E-state index contributed by atoms with van der Waals surface area (Å²) in [5.74, 6) is 2.18. The van der Waals surface area contributed by atoms with Gasteiger partial charge in [-0.25, -0.2) is 0 Å². The molecule has 0 radical (unpaired) electrons. The zero-order chi connectivity index (χ0) is 11.8. The summed E-state index contributed by atoms with van der Waals surface area (Å²) in [5.41, 5.74) is 0. The smallest absolute Gasteiger partial charge is 0.0155 e. The van der Waals surface area contributed by atoms with Crippen LogP contribution in [0.4, 0.5) is 0 Å². The van der Waals surface area contributed by atoms with Crippen LogP contribution in [0.2, 0.25) is 0 Å². The number of rotatable bonds is 8. The fourth-order valence-electron chi connectivity index (χ4n) is 2.39. The van der Waals surface area contributed by atoms with E-state index in [1.54, 1.807) is 0 Å². The molecule has 0 saturated heterocycles. The molecule has 1 unspecified atom stereocenters. The van der Waals surface area contributed by atoms with Gasteiger partial charge < -0.3 is 5.32 Å². The molecule has 0 aromatic rings. The van der Waals surface area contributed by atoms with Crippen LogP contribution in [0.3, 0.4) is 0 Å². The summed E-state index contributed by atoms with van der Waals surface area (Å²) >= 11 is 2.21. The molecule has 1 aliphatic carbocycles. The van der Waals surface area contributed by atoms with Gasteiger partial charge in [-0.15, -0.1) is 0 Å². The molecule has 1 atom stereocenters. The molecule has 0 amide bonds. The van der Waals surface area contributed by atoms with Gasteiger partial charge in [0.25, 0.3) is 0 Å². The van der Waals surface area contributed by atoms with Crippen molar-refractivity contribution in [2.75, 3.05) is 12.8 Å². The fraction of sp³-hybridized carbons (Fsp3) is 1.00. The first-order valence-electron chi connectivity index (χ1n) is 7.01. The van der Waals surface area contributed by atoms with E-state index in [1.165, 1.54) is 50.7 Å². The first-order chi connectivity index (χ1) is 7.72. The van der Waals surface area contributed by atoms with Crippen LogP contribution in [-0.4, -0.2) is 24.1 Å². The lowest BCUT2D eigenvalue weighted by atomic mass is 10.0. The van der Waals surface area contributed by atoms with Gasteiger partial charge in [-0.2, -0.15) is 11.8 Å². The first-order valence-corrected chi connectivity index (χ1v) is 8.06. The number of nitrogens with one attached hydrogen (secondary N) is 1. The average molecular weight is 243 g/mol. The summed E-state index contributed by atoms with van der Waals surface area (Å²) in [5, 5.41) is 4.45. The Morgan fingerprint density at radius 1 is 1.19 bits per heavy atom. The van der Waals surface area contributed by atoms with Crippen LogP contribution in [-0.2, 0) is 0 Å². The van der Waals surface area contributed by atoms with Crippen molar-refractivity contribution in [1.82, 2.24) is 5.32 Å². The first kappa shape index (κ1) is 14.4. The van der Waals surface area contributed by atoms with Gasteiger partial charge in [-0.1, -0.05) is 39.5 Å². The van der Waals surface area contributed by atoms with E-state index in [9.17, 15) is 0 Å². The number of thioether (sulfide) groups is 1. The van der Waals surface area contributed by atoms with E-state index in [4.69, 9.17) is 0 Å². The topological polar surface area (TPSA) is 12.0 Å². The zero-order valence-corrected chi connectivity index (χ0v) is 12.1. The Bertz CT molecular complexity index is 164. The van der Waals surface area contributed by atoms with Crippen molar-refractivity contribution in [3.8, 4) is 0 Å². The predicted molar refractivity (Wildman–Crippen MR) is 76.3 cm³/mol. The maximum absolute atomic E-state index is 3.48. The highest BCUT2D eigenvalue weighted by Gasteiger charge is 2.17. The standard InChI is InChI=1S/C14H29NS/c1-12(2)7-6-8-13(15-3)11-16-14-9-4-5-10-14/h12-15H,4-11H2,1-3H3. The van der Waals surface area contributed by atoms with Gasteiger partial charge in [0.15, 0.2) is 0 Å². The monoisotopic (exact) mass is 243 g/mol. The normalized spacial score (nSPS) is 19.5. The summed E-state index contributed by atoms with van der Waals surface area (Å²) in [4.78, 5) is 0. The van der Waals surface area contributed by atoms with Crippen molar-refractivity contribution < 1.29 is 0 Å². The summed E-state index contributed by atoms with van der Waals surface area (Å²) in [6.07, 6.45) is 9.99. The molecule has 16 heavy (non-hydrogen) atoms. The lowest BCUT2D eigenvalue weighted by molar-refractivity contribution is 0.483. The Hall–Kier alpha value is 0.310. The van der Waals surface area contributed by atoms with Gasteiger partial charge in [0, 0.05) is 17.0 Å². The Labute approximate surface area is 106 Å². The minimum atomic E-state index is 0.740. The molecular weight excluding hydrogens is 214 g/mol. The third-order valence-electron chi connectivity index (χ3n) is 3.58. The van der Waals surface area contributed by atoms with E-state index in [1.807, 2.05) is 0 Å². The highest BCUT2D eigenvalue weighted by molar-refractivity contribution is 7.99. The van der Waals surface area contributed by atoms with Gasteiger partial charge in [0.2, 0.25) is 0 Å². The molecule has 1 nitrogen and oxygen atoms in total. The lowest BCUT2D eigenvalue weighted by Crippen LogP contribution is -2.28. The molecule has 0 aromatic heterocycles. The second-order valence-corrected chi connectivity index (χ2v) is 6.88. The SMILES string of the molecule is CNC(CCCC(C)C)CSC1CCCC1. The second-order valence-electron chi connectivity index (χ2n) is 5.55. The van der Waals surface area contributed by atoms with Crippen LogP contribution >= 0.6 is 11.8 Å². The molecule has 2 heteroatoms. The van der Waals surface area contributed by atoms with E-state index in [2.05, 4.69) is 38.0 Å². The highest BCUT2D eigenvalue weighted by Crippen LogP contribution is 2.30. The van der Waals surface area contributed by atoms with Gasteiger partial charge in [0.1, 0.15) is 0 Å². The zero-order valence-electron chi connectivity index (χ0n) is 11.3. The minimum absolute atomic E-state index is 0.740.